The van der Waals surface area contributed by atoms with E-state index in [1.165, 1.54) is 30.5 Å². The lowest BCUT2D eigenvalue weighted by atomic mass is 9.98. The van der Waals surface area contributed by atoms with E-state index in [9.17, 15) is 9.90 Å². The summed E-state index contributed by atoms with van der Waals surface area (Å²) in [7, 11) is 0. The van der Waals surface area contributed by atoms with E-state index in [4.69, 9.17) is 0 Å². The van der Waals surface area contributed by atoms with Crippen molar-refractivity contribution in [3.05, 3.63) is 64.5 Å². The summed E-state index contributed by atoms with van der Waals surface area (Å²) in [5, 5.41) is 12.9. The number of aliphatic hydroxyl groups is 1. The van der Waals surface area contributed by atoms with Gasteiger partial charge in [0.2, 0.25) is 6.41 Å². The number of nitrogens with zero attached hydrogens (tertiary/aromatic N) is 4. The Bertz CT molecular complexity index is 1390. The van der Waals surface area contributed by atoms with Crippen molar-refractivity contribution in [3.63, 3.8) is 0 Å². The number of hydrogen-bond donors (Lipinski definition) is 2. The number of hydrogen-bond acceptors (Lipinski definition) is 7. The van der Waals surface area contributed by atoms with Crippen LogP contribution in [0.1, 0.15) is 71.1 Å². The van der Waals surface area contributed by atoms with Crippen LogP contribution in [0.2, 0.25) is 0 Å². The minimum atomic E-state index is -0.0201. The fourth-order valence-electron chi connectivity index (χ4n) is 5.39. The molecule has 2 aromatic heterocycles. The third-order valence-electron chi connectivity index (χ3n) is 8.32. The number of anilines is 2. The molecule has 0 atom stereocenters. The van der Waals surface area contributed by atoms with E-state index in [-0.39, 0.29) is 6.10 Å². The Hall–Kier alpha value is -3.07. The van der Waals surface area contributed by atoms with Gasteiger partial charge in [0, 0.05) is 61.6 Å². The largest absolute Gasteiger partial charge is 0.393 e. The van der Waals surface area contributed by atoms with Gasteiger partial charge in [-0.15, -0.1) is 11.3 Å². The molecule has 2 fully saturated rings. The second-order valence-electron chi connectivity index (χ2n) is 11.7. The van der Waals surface area contributed by atoms with Gasteiger partial charge in [0.25, 0.3) is 0 Å². The molecular weight excluding hydrogens is 542 g/mol. The molecule has 226 valence electrons. The lowest BCUT2D eigenvalue weighted by Gasteiger charge is -2.31. The highest BCUT2D eigenvalue weighted by Crippen LogP contribution is 2.45. The number of thiazole rings is 1. The monoisotopic (exact) mass is 589 g/mol. The summed E-state index contributed by atoms with van der Waals surface area (Å²) in [6.07, 6.45) is 12.7. The van der Waals surface area contributed by atoms with Crippen LogP contribution in [0.5, 0.6) is 0 Å². The number of benzene rings is 1. The highest BCUT2D eigenvalue weighted by molar-refractivity contribution is 7.16. The molecule has 42 heavy (non-hydrogen) atoms. The summed E-state index contributed by atoms with van der Waals surface area (Å²) in [4.78, 5) is 24.0. The summed E-state index contributed by atoms with van der Waals surface area (Å²) >= 11 is 1.64. The number of carbonyl (C=O) groups excluding carboxylic acids is 1. The first kappa shape index (κ1) is 31.9. The SMILES string of the molecule is C/C(=C\c1c(Nc2ccc3ncsc3c2)ccnc1C)C1=CCN(C=O)CC1.CC.CC1(CN2CCC(O)CC2)CC1. The number of rotatable bonds is 7. The van der Waals surface area contributed by atoms with Crippen LogP contribution in [0, 0.1) is 12.3 Å². The number of aromatic nitrogens is 2. The molecule has 0 radical (unpaired) electrons. The maximum absolute atomic E-state index is 10.9. The number of amides is 1. The summed E-state index contributed by atoms with van der Waals surface area (Å²) < 4.78 is 1.16. The van der Waals surface area contributed by atoms with Crippen LogP contribution in [0.15, 0.2) is 53.2 Å². The maximum atomic E-state index is 10.9. The van der Waals surface area contributed by atoms with Crippen LogP contribution in [-0.4, -0.2) is 70.1 Å². The molecule has 0 spiro atoms. The molecule has 2 aliphatic heterocycles. The summed E-state index contributed by atoms with van der Waals surface area (Å²) in [6, 6.07) is 8.22. The fraction of sp³-hybridized carbons (Fsp3) is 0.500. The number of pyridine rings is 1. The first-order valence-electron chi connectivity index (χ1n) is 15.4. The molecule has 1 aliphatic carbocycles. The van der Waals surface area contributed by atoms with Crippen LogP contribution in [-0.2, 0) is 4.79 Å². The molecule has 2 N–H and O–H groups in total. The zero-order valence-electron chi connectivity index (χ0n) is 25.9. The maximum Gasteiger partial charge on any atom is 0.209 e. The first-order valence-corrected chi connectivity index (χ1v) is 16.2. The molecule has 3 aromatic rings. The van der Waals surface area contributed by atoms with E-state index >= 15 is 0 Å². The molecule has 7 nitrogen and oxygen atoms in total. The van der Waals surface area contributed by atoms with Crippen molar-refractivity contribution < 1.29 is 9.90 Å². The molecule has 8 heteroatoms. The van der Waals surface area contributed by atoms with E-state index in [0.717, 1.165) is 78.2 Å². The van der Waals surface area contributed by atoms with Crippen molar-refractivity contribution in [1.29, 1.82) is 0 Å². The van der Waals surface area contributed by atoms with E-state index in [0.29, 0.717) is 12.0 Å². The van der Waals surface area contributed by atoms with Crippen LogP contribution in [0.4, 0.5) is 11.4 Å². The van der Waals surface area contributed by atoms with Crippen LogP contribution >= 0.6 is 11.3 Å². The van der Waals surface area contributed by atoms with E-state index < -0.39 is 0 Å². The third-order valence-corrected chi connectivity index (χ3v) is 9.11. The lowest BCUT2D eigenvalue weighted by Crippen LogP contribution is -2.38. The average Bonchev–Trinajstić information content (AvgIpc) is 3.54. The Morgan fingerprint density at radius 3 is 2.60 bits per heavy atom. The lowest BCUT2D eigenvalue weighted by molar-refractivity contribution is -0.117. The second-order valence-corrected chi connectivity index (χ2v) is 12.6. The Labute approximate surface area is 255 Å². The Morgan fingerprint density at radius 2 is 1.93 bits per heavy atom. The molecular formula is C34H47N5O2S. The second kappa shape index (κ2) is 14.9. The van der Waals surface area contributed by atoms with Crippen molar-refractivity contribution in [3.8, 4) is 0 Å². The van der Waals surface area contributed by atoms with E-state index in [1.807, 2.05) is 44.6 Å². The Balaban J connectivity index is 0.000000241. The molecule has 0 bridgehead atoms. The van der Waals surface area contributed by atoms with Crippen molar-refractivity contribution in [1.82, 2.24) is 19.8 Å². The van der Waals surface area contributed by atoms with Gasteiger partial charge in [-0.2, -0.15) is 0 Å². The molecule has 1 saturated carbocycles. The normalized spacial score (nSPS) is 18.8. The Morgan fingerprint density at radius 1 is 1.17 bits per heavy atom. The van der Waals surface area contributed by atoms with E-state index in [1.54, 1.807) is 16.2 Å². The average molecular weight is 590 g/mol. The molecule has 1 aromatic carbocycles. The molecule has 3 aliphatic rings. The van der Waals surface area contributed by atoms with Crippen LogP contribution in [0.3, 0.4) is 0 Å². The predicted molar refractivity (Wildman–Crippen MR) is 176 cm³/mol. The van der Waals surface area contributed by atoms with Gasteiger partial charge >= 0.3 is 0 Å². The van der Waals surface area contributed by atoms with Crippen molar-refractivity contribution in [2.75, 3.05) is 38.0 Å². The molecule has 4 heterocycles. The number of fused-ring (bicyclic) bond motifs is 1. The Kier molecular flexibility index (Phi) is 11.3. The molecule has 1 amide bonds. The van der Waals surface area contributed by atoms with Gasteiger partial charge in [0.05, 0.1) is 21.8 Å². The highest BCUT2D eigenvalue weighted by Gasteiger charge is 2.39. The van der Waals surface area contributed by atoms with Crippen molar-refractivity contribution in [2.45, 2.75) is 72.8 Å². The predicted octanol–water partition coefficient (Wildman–Crippen LogP) is 7.20. The number of allylic oxidation sites excluding steroid dienone is 1. The van der Waals surface area contributed by atoms with Gasteiger partial charge < -0.3 is 20.2 Å². The molecule has 6 rings (SSSR count). The third kappa shape index (κ3) is 8.72. The van der Waals surface area contributed by atoms with Gasteiger partial charge in [0.1, 0.15) is 0 Å². The number of carbonyl (C=O) groups is 1. The van der Waals surface area contributed by atoms with E-state index in [2.05, 4.69) is 58.3 Å². The smallest absolute Gasteiger partial charge is 0.209 e. The number of likely N-dealkylation sites (tertiary alicyclic amines) is 1. The number of aryl methyl sites for hydroxylation is 1. The summed E-state index contributed by atoms with van der Waals surface area (Å²) in [5.41, 5.74) is 10.2. The molecule has 0 unspecified atom stereocenters. The van der Waals surface area contributed by atoms with Gasteiger partial charge in [-0.1, -0.05) is 26.8 Å². The van der Waals surface area contributed by atoms with Gasteiger partial charge in [-0.25, -0.2) is 4.98 Å². The highest BCUT2D eigenvalue weighted by atomic mass is 32.1. The fourth-order valence-corrected chi connectivity index (χ4v) is 6.11. The summed E-state index contributed by atoms with van der Waals surface area (Å²) in [5.74, 6) is 0. The van der Waals surface area contributed by atoms with Gasteiger partial charge in [-0.05, 0) is 92.9 Å². The minimum absolute atomic E-state index is 0.0201. The minimum Gasteiger partial charge on any atom is -0.393 e. The van der Waals surface area contributed by atoms with Crippen molar-refractivity contribution in [2.24, 2.45) is 5.41 Å². The van der Waals surface area contributed by atoms with Crippen LogP contribution < -0.4 is 5.32 Å². The van der Waals surface area contributed by atoms with Crippen LogP contribution in [0.25, 0.3) is 16.3 Å². The zero-order valence-corrected chi connectivity index (χ0v) is 26.7. The topological polar surface area (TPSA) is 81.6 Å². The quantitative estimate of drug-likeness (QED) is 0.284. The number of piperidine rings is 1. The van der Waals surface area contributed by atoms with Gasteiger partial charge in [0.15, 0.2) is 0 Å². The standard InChI is InChI=1S/C22H22N4OS.C10H19NO.C2H6/c1-15(17-6-9-26(14-27)10-7-17)11-19-16(2)23-8-5-20(19)25-18-3-4-21-22(12-18)28-13-24-21;1-10(4-5-10)8-11-6-2-9(12)3-7-11;1-2/h3-6,8,11-14H,7,9-10H2,1-2H3,(H,23,25);9,12H,2-8H2,1H3;1-2H3/b15-11+;;. The first-order chi connectivity index (χ1) is 20.3. The van der Waals surface area contributed by atoms with Gasteiger partial charge in [-0.3, -0.25) is 9.78 Å². The molecule has 1 saturated heterocycles. The number of aliphatic hydroxyl groups excluding tert-OH is 1. The zero-order chi connectivity index (χ0) is 30.1. The van der Waals surface area contributed by atoms with Crippen molar-refractivity contribution >= 4 is 45.4 Å². The number of nitrogens with one attached hydrogen (secondary N) is 1. The summed E-state index contributed by atoms with van der Waals surface area (Å²) in [6.45, 7) is 15.5.